The van der Waals surface area contributed by atoms with E-state index in [1.807, 2.05) is 49.5 Å². The van der Waals surface area contributed by atoms with Gasteiger partial charge in [0.1, 0.15) is 0 Å². The number of pyridine rings is 1. The van der Waals surface area contributed by atoms with Crippen molar-refractivity contribution < 1.29 is 4.79 Å². The summed E-state index contributed by atoms with van der Waals surface area (Å²) >= 11 is 1.58. The van der Waals surface area contributed by atoms with Gasteiger partial charge in [-0.3, -0.25) is 19.6 Å². The maximum absolute atomic E-state index is 12.9. The second kappa shape index (κ2) is 7.55. The molecule has 2 aliphatic rings. The van der Waals surface area contributed by atoms with Gasteiger partial charge < -0.3 is 0 Å². The van der Waals surface area contributed by atoms with Crippen LogP contribution in [0.1, 0.15) is 29.0 Å². The molecule has 1 aromatic heterocycles. The number of nitriles is 1. The van der Waals surface area contributed by atoms with Crippen LogP contribution in [0.15, 0.2) is 59.4 Å². The van der Waals surface area contributed by atoms with Crippen LogP contribution in [0.2, 0.25) is 0 Å². The zero-order chi connectivity index (χ0) is 18.8. The SMILES string of the molecule is Cc1ccc([C@@H]2CC(=O)N3CN(Cc4cccnc4)CSC3=C2C#N)cc1. The Labute approximate surface area is 163 Å². The van der Waals surface area contributed by atoms with Gasteiger partial charge in [-0.15, -0.1) is 0 Å². The van der Waals surface area contributed by atoms with Gasteiger partial charge in [0.15, 0.2) is 0 Å². The number of nitrogens with zero attached hydrogens (tertiary/aromatic N) is 4. The third-order valence-corrected chi connectivity index (χ3v) is 6.17. The number of fused-ring (bicyclic) bond motifs is 1. The van der Waals surface area contributed by atoms with Crippen LogP contribution in [-0.4, -0.2) is 33.2 Å². The standard InChI is InChI=1S/C21H20N4OS/c1-15-4-6-17(7-5-15)18-9-20(26)25-13-24(12-16-3-2-8-23-11-16)14-27-21(25)19(18)10-22/h2-8,11,18H,9,12-14H2,1H3/t18-/m0/s1. The number of aryl methyl sites for hydroxylation is 1. The number of hydrogen-bond acceptors (Lipinski definition) is 5. The highest BCUT2D eigenvalue weighted by atomic mass is 32.2. The fourth-order valence-electron chi connectivity index (χ4n) is 3.54. The maximum Gasteiger partial charge on any atom is 0.229 e. The molecule has 0 N–H and O–H groups in total. The maximum atomic E-state index is 12.9. The summed E-state index contributed by atoms with van der Waals surface area (Å²) in [5.74, 6) is 0.685. The van der Waals surface area contributed by atoms with E-state index in [2.05, 4.69) is 16.0 Å². The van der Waals surface area contributed by atoms with E-state index in [0.717, 1.165) is 28.6 Å². The highest BCUT2D eigenvalue weighted by molar-refractivity contribution is 8.03. The second-order valence-corrected chi connectivity index (χ2v) is 7.86. The van der Waals surface area contributed by atoms with Crippen LogP contribution in [-0.2, 0) is 11.3 Å². The molecule has 1 fully saturated rings. The zero-order valence-electron chi connectivity index (χ0n) is 15.1. The normalized spacial score (nSPS) is 20.4. The van der Waals surface area contributed by atoms with Gasteiger partial charge in [0, 0.05) is 31.3 Å². The highest BCUT2D eigenvalue weighted by Crippen LogP contribution is 2.42. The van der Waals surface area contributed by atoms with Gasteiger partial charge >= 0.3 is 0 Å². The number of rotatable bonds is 3. The molecule has 0 radical (unpaired) electrons. The largest absolute Gasteiger partial charge is 0.292 e. The van der Waals surface area contributed by atoms with Crippen molar-refractivity contribution in [1.82, 2.24) is 14.8 Å². The van der Waals surface area contributed by atoms with Gasteiger partial charge in [0.05, 0.1) is 29.2 Å². The summed E-state index contributed by atoms with van der Waals surface area (Å²) in [4.78, 5) is 21.0. The Morgan fingerprint density at radius 2 is 2.11 bits per heavy atom. The van der Waals surface area contributed by atoms with E-state index in [9.17, 15) is 10.1 Å². The first kappa shape index (κ1) is 17.8. The van der Waals surface area contributed by atoms with Gasteiger partial charge in [0.2, 0.25) is 5.91 Å². The van der Waals surface area contributed by atoms with Crippen LogP contribution in [0.5, 0.6) is 0 Å². The van der Waals surface area contributed by atoms with Crippen molar-refractivity contribution in [3.63, 3.8) is 0 Å². The molecule has 2 aliphatic heterocycles. The summed E-state index contributed by atoms with van der Waals surface area (Å²) in [6.07, 6.45) is 3.95. The Morgan fingerprint density at radius 1 is 1.30 bits per heavy atom. The third-order valence-electron chi connectivity index (χ3n) is 4.96. The minimum absolute atomic E-state index is 0.0814. The van der Waals surface area contributed by atoms with E-state index in [1.54, 1.807) is 22.9 Å². The molecule has 0 unspecified atom stereocenters. The number of carbonyl (C=O) groups is 1. The molecule has 27 heavy (non-hydrogen) atoms. The van der Waals surface area contributed by atoms with Crippen molar-refractivity contribution in [1.29, 1.82) is 5.26 Å². The summed E-state index contributed by atoms with van der Waals surface area (Å²) < 4.78 is 0. The number of carbonyl (C=O) groups excluding carboxylic acids is 1. The Bertz CT molecular complexity index is 917. The molecule has 136 valence electrons. The zero-order valence-corrected chi connectivity index (χ0v) is 15.9. The molecule has 0 bridgehead atoms. The first-order valence-electron chi connectivity index (χ1n) is 8.91. The summed E-state index contributed by atoms with van der Waals surface area (Å²) in [5.41, 5.74) is 4.04. The Balaban J connectivity index is 1.59. The molecule has 1 amide bonds. The summed E-state index contributed by atoms with van der Waals surface area (Å²) in [5, 5.41) is 10.6. The lowest BCUT2D eigenvalue weighted by Gasteiger charge is -2.41. The molecule has 5 nitrogen and oxygen atoms in total. The van der Waals surface area contributed by atoms with Crippen molar-refractivity contribution in [2.24, 2.45) is 0 Å². The number of amides is 1. The number of thioether (sulfide) groups is 1. The Morgan fingerprint density at radius 3 is 2.81 bits per heavy atom. The van der Waals surface area contributed by atoms with Crippen molar-refractivity contribution >= 4 is 17.7 Å². The highest BCUT2D eigenvalue weighted by Gasteiger charge is 2.38. The van der Waals surface area contributed by atoms with Crippen molar-refractivity contribution in [3.05, 3.63) is 76.1 Å². The average Bonchev–Trinajstić information content (AvgIpc) is 2.69. The van der Waals surface area contributed by atoms with E-state index in [4.69, 9.17) is 0 Å². The molecule has 0 spiro atoms. The van der Waals surface area contributed by atoms with Crippen LogP contribution in [0.3, 0.4) is 0 Å². The molecule has 4 rings (SSSR count). The van der Waals surface area contributed by atoms with Gasteiger partial charge in [-0.05, 0) is 24.1 Å². The lowest BCUT2D eigenvalue weighted by Crippen LogP contribution is -2.46. The van der Waals surface area contributed by atoms with Crippen LogP contribution < -0.4 is 0 Å². The third kappa shape index (κ3) is 3.61. The van der Waals surface area contributed by atoms with Crippen LogP contribution in [0, 0.1) is 18.3 Å². The molecule has 6 heteroatoms. The lowest BCUT2D eigenvalue weighted by atomic mass is 9.86. The van der Waals surface area contributed by atoms with Gasteiger partial charge in [-0.25, -0.2) is 0 Å². The molecular formula is C21H20N4OS. The first-order chi connectivity index (χ1) is 13.2. The van der Waals surface area contributed by atoms with Crippen LogP contribution in [0.4, 0.5) is 0 Å². The topological polar surface area (TPSA) is 60.2 Å². The molecule has 1 saturated heterocycles. The Kier molecular flexibility index (Phi) is 4.97. The molecule has 0 saturated carbocycles. The second-order valence-electron chi connectivity index (χ2n) is 6.92. The van der Waals surface area contributed by atoms with Crippen LogP contribution in [0.25, 0.3) is 0 Å². The molecule has 1 aromatic carbocycles. The van der Waals surface area contributed by atoms with E-state index >= 15 is 0 Å². The van der Waals surface area contributed by atoms with E-state index < -0.39 is 0 Å². The lowest BCUT2D eigenvalue weighted by molar-refractivity contribution is -0.131. The number of benzene rings is 1. The summed E-state index contributed by atoms with van der Waals surface area (Å²) in [6.45, 7) is 3.29. The number of allylic oxidation sites excluding steroid dienone is 1. The minimum atomic E-state index is -0.147. The van der Waals surface area contributed by atoms with Gasteiger partial charge in [-0.1, -0.05) is 47.7 Å². The van der Waals surface area contributed by atoms with Crippen molar-refractivity contribution in [2.75, 3.05) is 12.5 Å². The van der Waals surface area contributed by atoms with Gasteiger partial charge in [0.25, 0.3) is 0 Å². The van der Waals surface area contributed by atoms with Gasteiger partial charge in [-0.2, -0.15) is 5.26 Å². The average molecular weight is 376 g/mol. The predicted octanol–water partition coefficient (Wildman–Crippen LogP) is 3.61. The number of hydrogen-bond donors (Lipinski definition) is 0. The molecular weight excluding hydrogens is 356 g/mol. The van der Waals surface area contributed by atoms with Crippen molar-refractivity contribution in [2.45, 2.75) is 25.8 Å². The minimum Gasteiger partial charge on any atom is -0.292 e. The van der Waals surface area contributed by atoms with E-state index in [-0.39, 0.29) is 11.8 Å². The molecule has 2 aromatic rings. The first-order valence-corrected chi connectivity index (χ1v) is 9.89. The van der Waals surface area contributed by atoms with Crippen molar-refractivity contribution in [3.8, 4) is 6.07 Å². The monoisotopic (exact) mass is 376 g/mol. The van der Waals surface area contributed by atoms with E-state index in [1.165, 1.54) is 5.56 Å². The fourth-order valence-corrected chi connectivity index (χ4v) is 4.68. The quantitative estimate of drug-likeness (QED) is 0.819. The number of aromatic nitrogens is 1. The van der Waals surface area contributed by atoms with E-state index in [0.29, 0.717) is 18.7 Å². The molecule has 0 aliphatic carbocycles. The fraction of sp³-hybridized carbons (Fsp3) is 0.286. The summed E-state index contributed by atoms with van der Waals surface area (Å²) in [6, 6.07) is 14.5. The Hall–Kier alpha value is -2.62. The molecule has 3 heterocycles. The van der Waals surface area contributed by atoms with Crippen LogP contribution >= 0.6 is 11.8 Å². The molecule has 1 atom stereocenters. The predicted molar refractivity (Wildman–Crippen MR) is 105 cm³/mol. The summed E-state index contributed by atoms with van der Waals surface area (Å²) in [7, 11) is 0. The smallest absolute Gasteiger partial charge is 0.229 e.